The van der Waals surface area contributed by atoms with E-state index in [1.807, 2.05) is 0 Å². The Morgan fingerprint density at radius 2 is 2.00 bits per heavy atom. The minimum absolute atomic E-state index is 0.259. The standard InChI is InChI=1S/C12H14N4O4/c1-8(17)19-7-20-12(18)11(13)6-9-2-4-10(5-3-9)15-16-14/h2-5,11H,6-7,13H2,1H3/t11-/m0/s1. The van der Waals surface area contributed by atoms with E-state index in [9.17, 15) is 9.59 Å². The number of ether oxygens (including phenoxy) is 2. The van der Waals surface area contributed by atoms with Crippen molar-refractivity contribution in [3.8, 4) is 0 Å². The largest absolute Gasteiger partial charge is 0.428 e. The number of benzene rings is 1. The van der Waals surface area contributed by atoms with Gasteiger partial charge in [0.25, 0.3) is 0 Å². The van der Waals surface area contributed by atoms with E-state index >= 15 is 0 Å². The Morgan fingerprint density at radius 3 is 2.55 bits per heavy atom. The molecule has 0 spiro atoms. The number of hydrogen-bond donors (Lipinski definition) is 1. The van der Waals surface area contributed by atoms with E-state index in [0.717, 1.165) is 5.56 Å². The molecule has 0 bridgehead atoms. The highest BCUT2D eigenvalue weighted by Crippen LogP contribution is 2.14. The summed E-state index contributed by atoms with van der Waals surface area (Å²) in [5.41, 5.74) is 15.2. The highest BCUT2D eigenvalue weighted by Gasteiger charge is 2.16. The van der Waals surface area contributed by atoms with Crippen molar-refractivity contribution in [1.82, 2.24) is 0 Å². The van der Waals surface area contributed by atoms with Gasteiger partial charge in [-0.25, -0.2) is 0 Å². The second kappa shape index (κ2) is 7.78. The first kappa shape index (κ1) is 15.5. The molecule has 20 heavy (non-hydrogen) atoms. The summed E-state index contributed by atoms with van der Waals surface area (Å²) in [5.74, 6) is -1.20. The predicted molar refractivity (Wildman–Crippen MR) is 69.7 cm³/mol. The highest BCUT2D eigenvalue weighted by molar-refractivity contribution is 5.76. The van der Waals surface area contributed by atoms with Crippen LogP contribution in [0, 0.1) is 0 Å². The van der Waals surface area contributed by atoms with Gasteiger partial charge in [0, 0.05) is 17.5 Å². The Labute approximate surface area is 115 Å². The van der Waals surface area contributed by atoms with Gasteiger partial charge in [0.05, 0.1) is 0 Å². The SMILES string of the molecule is CC(=O)OCOC(=O)[C@@H](N)Cc1ccc(N=[N+]=[N-])cc1. The molecule has 8 nitrogen and oxygen atoms in total. The zero-order chi connectivity index (χ0) is 15.0. The first-order valence-electron chi connectivity index (χ1n) is 5.72. The molecule has 0 amide bonds. The molecule has 0 saturated carbocycles. The molecular weight excluding hydrogens is 264 g/mol. The van der Waals surface area contributed by atoms with Crippen molar-refractivity contribution in [3.63, 3.8) is 0 Å². The third-order valence-electron chi connectivity index (χ3n) is 2.32. The monoisotopic (exact) mass is 278 g/mol. The van der Waals surface area contributed by atoms with E-state index in [1.165, 1.54) is 6.92 Å². The third kappa shape index (κ3) is 5.38. The molecule has 0 unspecified atom stereocenters. The molecule has 1 atom stereocenters. The van der Waals surface area contributed by atoms with Crippen molar-refractivity contribution in [1.29, 1.82) is 0 Å². The molecule has 0 radical (unpaired) electrons. The van der Waals surface area contributed by atoms with E-state index in [-0.39, 0.29) is 6.42 Å². The molecule has 0 aliphatic heterocycles. The number of rotatable bonds is 6. The van der Waals surface area contributed by atoms with Crippen LogP contribution < -0.4 is 5.73 Å². The van der Waals surface area contributed by atoms with Crippen LogP contribution in [0.4, 0.5) is 5.69 Å². The van der Waals surface area contributed by atoms with E-state index < -0.39 is 24.8 Å². The van der Waals surface area contributed by atoms with Crippen LogP contribution in [0.25, 0.3) is 10.4 Å². The lowest BCUT2D eigenvalue weighted by Crippen LogP contribution is -2.35. The molecule has 0 aromatic heterocycles. The summed E-state index contributed by atoms with van der Waals surface area (Å²) in [7, 11) is 0. The molecule has 0 aliphatic carbocycles. The summed E-state index contributed by atoms with van der Waals surface area (Å²) in [5, 5.41) is 3.43. The lowest BCUT2D eigenvalue weighted by atomic mass is 10.1. The Balaban J connectivity index is 2.48. The van der Waals surface area contributed by atoms with Gasteiger partial charge in [-0.2, -0.15) is 0 Å². The van der Waals surface area contributed by atoms with Gasteiger partial charge in [0.2, 0.25) is 6.79 Å². The molecule has 106 valence electrons. The second-order valence-corrected chi connectivity index (χ2v) is 3.88. The van der Waals surface area contributed by atoms with Crippen molar-refractivity contribution in [2.45, 2.75) is 19.4 Å². The fourth-order valence-corrected chi connectivity index (χ4v) is 1.37. The van der Waals surface area contributed by atoms with Gasteiger partial charge in [0.1, 0.15) is 6.04 Å². The summed E-state index contributed by atoms with van der Waals surface area (Å²) < 4.78 is 9.15. The number of nitrogens with zero attached hydrogens (tertiary/aromatic N) is 3. The molecule has 0 aliphatic rings. The van der Waals surface area contributed by atoms with Crippen molar-refractivity contribution < 1.29 is 19.1 Å². The molecule has 8 heteroatoms. The van der Waals surface area contributed by atoms with Crippen molar-refractivity contribution >= 4 is 17.6 Å². The fourth-order valence-electron chi connectivity index (χ4n) is 1.37. The van der Waals surface area contributed by atoms with Gasteiger partial charge >= 0.3 is 11.9 Å². The molecular formula is C12H14N4O4. The van der Waals surface area contributed by atoms with Crippen LogP contribution in [0.2, 0.25) is 0 Å². The minimum Gasteiger partial charge on any atom is -0.428 e. The van der Waals surface area contributed by atoms with E-state index in [1.54, 1.807) is 24.3 Å². The van der Waals surface area contributed by atoms with Crippen LogP contribution in [0.1, 0.15) is 12.5 Å². The zero-order valence-electron chi connectivity index (χ0n) is 10.9. The van der Waals surface area contributed by atoms with Crippen LogP contribution in [-0.4, -0.2) is 24.8 Å². The molecule has 0 fully saturated rings. The molecule has 1 rings (SSSR count). The van der Waals surface area contributed by atoms with Crippen LogP contribution >= 0.6 is 0 Å². The van der Waals surface area contributed by atoms with Gasteiger partial charge in [-0.05, 0) is 17.5 Å². The van der Waals surface area contributed by atoms with Gasteiger partial charge < -0.3 is 15.2 Å². The Hall–Kier alpha value is -2.57. The summed E-state index contributed by atoms with van der Waals surface area (Å²) in [4.78, 5) is 24.6. The molecule has 0 saturated heterocycles. The Morgan fingerprint density at radius 1 is 1.35 bits per heavy atom. The molecule has 1 aromatic rings. The fraction of sp³-hybridized carbons (Fsp3) is 0.333. The molecule has 2 N–H and O–H groups in total. The van der Waals surface area contributed by atoms with Crippen LogP contribution in [0.15, 0.2) is 29.4 Å². The Bertz CT molecular complexity index is 523. The first-order chi connectivity index (χ1) is 9.52. The number of carbonyl (C=O) groups is 2. The van der Waals surface area contributed by atoms with E-state index in [2.05, 4.69) is 19.5 Å². The number of carbonyl (C=O) groups excluding carboxylic acids is 2. The van der Waals surface area contributed by atoms with Crippen LogP contribution in [0.5, 0.6) is 0 Å². The lowest BCUT2D eigenvalue weighted by molar-refractivity contribution is -0.166. The van der Waals surface area contributed by atoms with Crippen molar-refractivity contribution in [3.05, 3.63) is 40.3 Å². The maximum absolute atomic E-state index is 11.5. The average molecular weight is 278 g/mol. The smallest absolute Gasteiger partial charge is 0.326 e. The third-order valence-corrected chi connectivity index (χ3v) is 2.32. The van der Waals surface area contributed by atoms with Crippen LogP contribution in [-0.2, 0) is 25.5 Å². The van der Waals surface area contributed by atoms with Gasteiger partial charge in [-0.1, -0.05) is 29.4 Å². The zero-order valence-corrected chi connectivity index (χ0v) is 10.9. The number of nitrogens with two attached hydrogens (primary N) is 1. The van der Waals surface area contributed by atoms with E-state index in [4.69, 9.17) is 11.3 Å². The maximum atomic E-state index is 11.5. The summed E-state index contributed by atoms with van der Waals surface area (Å²) in [6, 6.07) is 5.76. The first-order valence-corrected chi connectivity index (χ1v) is 5.72. The van der Waals surface area contributed by atoms with Gasteiger partial charge in [-0.3, -0.25) is 9.59 Å². The second-order valence-electron chi connectivity index (χ2n) is 3.88. The minimum atomic E-state index is -0.865. The van der Waals surface area contributed by atoms with Gasteiger partial charge in [-0.15, -0.1) is 0 Å². The lowest BCUT2D eigenvalue weighted by Gasteiger charge is -2.11. The van der Waals surface area contributed by atoms with Gasteiger partial charge in [0.15, 0.2) is 0 Å². The van der Waals surface area contributed by atoms with Crippen LogP contribution in [0.3, 0.4) is 0 Å². The maximum Gasteiger partial charge on any atom is 0.326 e. The highest BCUT2D eigenvalue weighted by atomic mass is 16.7. The number of esters is 2. The predicted octanol–water partition coefficient (Wildman–Crippen LogP) is 1.56. The molecule has 1 aromatic carbocycles. The normalized spacial score (nSPS) is 11.1. The van der Waals surface area contributed by atoms with E-state index in [0.29, 0.717) is 5.69 Å². The Kier molecular flexibility index (Phi) is 6.02. The van der Waals surface area contributed by atoms with Crippen molar-refractivity contribution in [2.75, 3.05) is 6.79 Å². The molecule has 0 heterocycles. The quantitative estimate of drug-likeness (QED) is 0.277. The number of hydrogen-bond acceptors (Lipinski definition) is 6. The topological polar surface area (TPSA) is 127 Å². The summed E-state index contributed by atoms with van der Waals surface area (Å²) in [6.07, 6.45) is 0.259. The average Bonchev–Trinajstić information content (AvgIpc) is 2.40. The van der Waals surface area contributed by atoms with Crippen molar-refractivity contribution in [2.24, 2.45) is 10.8 Å². The summed E-state index contributed by atoms with van der Waals surface area (Å²) in [6.45, 7) is 0.761. The summed E-state index contributed by atoms with van der Waals surface area (Å²) >= 11 is 0. The number of azide groups is 1.